The molecular formula is C20H18Cl2IN3O3. The number of hydrazone groups is 1. The monoisotopic (exact) mass is 545 g/mol. The fraction of sp³-hybridized carbons (Fsp3) is 0.250. The summed E-state index contributed by atoms with van der Waals surface area (Å²) < 4.78 is 7.01. The molecule has 0 aromatic heterocycles. The van der Waals surface area contributed by atoms with Gasteiger partial charge in [-0.1, -0.05) is 23.2 Å². The number of ether oxygens (including phenoxy) is 1. The van der Waals surface area contributed by atoms with Crippen molar-refractivity contribution in [3.05, 3.63) is 61.1 Å². The largest absolute Gasteiger partial charge is 0.448 e. The SMILES string of the molecule is CC(=O)N(C[C@H]1OC(c2ccc(Cl)cc2Cl)=NN1C(C)=O)c1ccc(I)cc1C. The molecular weight excluding hydrogens is 528 g/mol. The van der Waals surface area contributed by atoms with E-state index in [1.54, 1.807) is 23.1 Å². The summed E-state index contributed by atoms with van der Waals surface area (Å²) in [4.78, 5) is 26.1. The van der Waals surface area contributed by atoms with Crippen molar-refractivity contribution in [1.29, 1.82) is 0 Å². The molecule has 3 rings (SSSR count). The quantitative estimate of drug-likeness (QED) is 0.517. The molecule has 0 spiro atoms. The number of benzene rings is 2. The number of aryl methyl sites for hydroxylation is 1. The molecule has 0 saturated heterocycles. The first kappa shape index (κ1) is 21.9. The Kier molecular flexibility index (Phi) is 6.70. The first-order valence-electron chi connectivity index (χ1n) is 8.72. The Morgan fingerprint density at radius 1 is 1.21 bits per heavy atom. The van der Waals surface area contributed by atoms with Crippen LogP contribution in [0.5, 0.6) is 0 Å². The average molecular weight is 546 g/mol. The summed E-state index contributed by atoms with van der Waals surface area (Å²) in [5, 5.41) is 6.34. The van der Waals surface area contributed by atoms with Crippen LogP contribution < -0.4 is 4.90 Å². The number of amides is 2. The fourth-order valence-corrected chi connectivity index (χ4v) is 4.14. The van der Waals surface area contributed by atoms with E-state index in [1.165, 1.54) is 18.9 Å². The minimum Gasteiger partial charge on any atom is -0.448 e. The van der Waals surface area contributed by atoms with E-state index in [0.717, 1.165) is 14.8 Å². The second-order valence-corrected chi connectivity index (χ2v) is 8.62. The van der Waals surface area contributed by atoms with Crippen LogP contribution >= 0.6 is 45.8 Å². The lowest BCUT2D eigenvalue weighted by atomic mass is 10.1. The van der Waals surface area contributed by atoms with Crippen LogP contribution in [0.2, 0.25) is 10.0 Å². The molecule has 0 bridgehead atoms. The number of nitrogens with zero attached hydrogens (tertiary/aromatic N) is 3. The molecule has 1 heterocycles. The molecule has 1 aliphatic rings. The smallest absolute Gasteiger partial charge is 0.243 e. The predicted octanol–water partition coefficient (Wildman–Crippen LogP) is 4.83. The van der Waals surface area contributed by atoms with E-state index in [2.05, 4.69) is 27.7 Å². The van der Waals surface area contributed by atoms with Gasteiger partial charge in [0.05, 0.1) is 17.1 Å². The van der Waals surface area contributed by atoms with E-state index in [4.69, 9.17) is 27.9 Å². The normalized spacial score (nSPS) is 15.7. The third kappa shape index (κ3) is 4.84. The molecule has 0 radical (unpaired) electrons. The Labute approximate surface area is 192 Å². The lowest BCUT2D eigenvalue weighted by Crippen LogP contribution is -2.44. The number of halogens is 3. The Hall–Kier alpha value is -1.84. The number of carbonyl (C=O) groups excluding carboxylic acids is 2. The first-order chi connectivity index (χ1) is 13.7. The molecule has 2 amide bonds. The topological polar surface area (TPSA) is 62.2 Å². The molecule has 1 atom stereocenters. The molecule has 0 saturated carbocycles. The van der Waals surface area contributed by atoms with Crippen molar-refractivity contribution < 1.29 is 14.3 Å². The van der Waals surface area contributed by atoms with Gasteiger partial charge < -0.3 is 9.64 Å². The van der Waals surface area contributed by atoms with Gasteiger partial charge in [-0.05, 0) is 71.5 Å². The number of hydrogen-bond acceptors (Lipinski definition) is 4. The van der Waals surface area contributed by atoms with Gasteiger partial charge in [-0.25, -0.2) is 0 Å². The molecule has 0 aliphatic carbocycles. The van der Waals surface area contributed by atoms with Crippen molar-refractivity contribution in [3.63, 3.8) is 0 Å². The van der Waals surface area contributed by atoms with Crippen LogP contribution in [0.4, 0.5) is 5.69 Å². The van der Waals surface area contributed by atoms with Crippen LogP contribution in [-0.4, -0.2) is 35.5 Å². The summed E-state index contributed by atoms with van der Waals surface area (Å²) in [5.41, 5.74) is 2.22. The molecule has 1 aliphatic heterocycles. The maximum atomic E-state index is 12.4. The van der Waals surface area contributed by atoms with Crippen LogP contribution in [0.3, 0.4) is 0 Å². The van der Waals surface area contributed by atoms with E-state index in [0.29, 0.717) is 15.6 Å². The van der Waals surface area contributed by atoms with E-state index in [1.807, 2.05) is 25.1 Å². The molecule has 0 N–H and O–H groups in total. The van der Waals surface area contributed by atoms with Crippen LogP contribution in [0.1, 0.15) is 25.0 Å². The lowest BCUT2D eigenvalue weighted by Gasteiger charge is -2.28. The summed E-state index contributed by atoms with van der Waals surface area (Å²) in [7, 11) is 0. The number of anilines is 1. The van der Waals surface area contributed by atoms with Crippen molar-refractivity contribution in [1.82, 2.24) is 5.01 Å². The van der Waals surface area contributed by atoms with Gasteiger partial charge in [-0.2, -0.15) is 5.01 Å². The standard InChI is InChI=1S/C20H18Cl2IN3O3/c1-11-8-15(23)5-7-18(11)25(12(2)27)10-19-26(13(3)28)24-20(29-19)16-6-4-14(21)9-17(16)22/h4-9,19H,10H2,1-3H3/t19-/m1/s1. The summed E-state index contributed by atoms with van der Waals surface area (Å²) in [6.07, 6.45) is -0.781. The third-order valence-corrected chi connectivity index (χ3v) is 5.59. The minimum absolute atomic E-state index is 0.120. The number of rotatable bonds is 4. The molecule has 29 heavy (non-hydrogen) atoms. The van der Waals surface area contributed by atoms with Crippen LogP contribution in [0.25, 0.3) is 0 Å². The van der Waals surface area contributed by atoms with E-state index in [9.17, 15) is 9.59 Å². The van der Waals surface area contributed by atoms with Crippen molar-refractivity contribution in [2.45, 2.75) is 27.0 Å². The molecule has 2 aromatic carbocycles. The molecule has 2 aromatic rings. The zero-order valence-electron chi connectivity index (χ0n) is 15.9. The third-order valence-electron chi connectivity index (χ3n) is 4.37. The first-order valence-corrected chi connectivity index (χ1v) is 10.6. The molecule has 0 unspecified atom stereocenters. The minimum atomic E-state index is -0.781. The van der Waals surface area contributed by atoms with Crippen molar-refractivity contribution in [3.8, 4) is 0 Å². The lowest BCUT2D eigenvalue weighted by molar-refractivity contribution is -0.135. The highest BCUT2D eigenvalue weighted by Crippen LogP contribution is 2.28. The zero-order valence-corrected chi connectivity index (χ0v) is 19.6. The second-order valence-electron chi connectivity index (χ2n) is 6.53. The van der Waals surface area contributed by atoms with Crippen LogP contribution in [0, 0.1) is 10.5 Å². The van der Waals surface area contributed by atoms with E-state index < -0.39 is 6.23 Å². The summed E-state index contributed by atoms with van der Waals surface area (Å²) in [5.74, 6) is -0.271. The van der Waals surface area contributed by atoms with E-state index in [-0.39, 0.29) is 24.3 Å². The van der Waals surface area contributed by atoms with Crippen molar-refractivity contribution in [2.24, 2.45) is 5.10 Å². The zero-order chi connectivity index (χ0) is 21.3. The van der Waals surface area contributed by atoms with Gasteiger partial charge in [-0.15, -0.1) is 5.10 Å². The highest BCUT2D eigenvalue weighted by atomic mass is 127. The molecule has 9 heteroatoms. The van der Waals surface area contributed by atoms with Crippen LogP contribution in [-0.2, 0) is 14.3 Å². The highest BCUT2D eigenvalue weighted by Gasteiger charge is 2.35. The summed E-state index contributed by atoms with van der Waals surface area (Å²) in [6, 6.07) is 10.7. The fourth-order valence-electron chi connectivity index (χ4n) is 3.01. The van der Waals surface area contributed by atoms with Gasteiger partial charge in [-0.3, -0.25) is 9.59 Å². The second kappa shape index (κ2) is 8.89. The van der Waals surface area contributed by atoms with Crippen LogP contribution in [0.15, 0.2) is 41.5 Å². The van der Waals surface area contributed by atoms with Gasteiger partial charge in [0, 0.05) is 28.1 Å². The maximum Gasteiger partial charge on any atom is 0.243 e. The van der Waals surface area contributed by atoms with Gasteiger partial charge >= 0.3 is 0 Å². The van der Waals surface area contributed by atoms with Gasteiger partial charge in [0.25, 0.3) is 0 Å². The van der Waals surface area contributed by atoms with E-state index >= 15 is 0 Å². The Bertz CT molecular complexity index is 1010. The average Bonchev–Trinajstić information content (AvgIpc) is 3.04. The maximum absolute atomic E-state index is 12.4. The Morgan fingerprint density at radius 2 is 1.93 bits per heavy atom. The van der Waals surface area contributed by atoms with Gasteiger partial charge in [0.15, 0.2) is 0 Å². The molecule has 0 fully saturated rings. The summed E-state index contributed by atoms with van der Waals surface area (Å²) >= 11 is 14.4. The van der Waals surface area contributed by atoms with Crippen molar-refractivity contribution in [2.75, 3.05) is 11.4 Å². The molecule has 152 valence electrons. The summed E-state index contributed by atoms with van der Waals surface area (Å²) in [6.45, 7) is 4.92. The van der Waals surface area contributed by atoms with Gasteiger partial charge in [0.1, 0.15) is 0 Å². The molecule has 6 nitrogen and oxygen atoms in total. The Morgan fingerprint density at radius 3 is 2.52 bits per heavy atom. The highest BCUT2D eigenvalue weighted by molar-refractivity contribution is 14.1. The van der Waals surface area contributed by atoms with Crippen molar-refractivity contribution >= 4 is 69.2 Å². The number of carbonyl (C=O) groups is 2. The predicted molar refractivity (Wildman–Crippen MR) is 122 cm³/mol. The number of hydrogen-bond donors (Lipinski definition) is 0. The Balaban J connectivity index is 1.91. The van der Waals surface area contributed by atoms with Gasteiger partial charge in [0.2, 0.25) is 23.9 Å².